The standard InChI is InChI=1S/C26H38N4O4S/c1-25(2,3)34-24(33)30-14-13-29-23(35)28-12-11-27-19(15-18-9-7-6-8-10-18)22-20(31)16-26(4,5)17-21(22)32/h6-10,31H,11-17H2,1-5H3,(H,30,33)(H2,28,29,35). The number of aliphatic imine (C=N–C) groups is 1. The van der Waals surface area contributed by atoms with Gasteiger partial charge in [0.2, 0.25) is 0 Å². The van der Waals surface area contributed by atoms with Crippen molar-refractivity contribution < 1.29 is 19.4 Å². The van der Waals surface area contributed by atoms with Crippen LogP contribution in [-0.4, -0.2) is 59.6 Å². The fourth-order valence-corrected chi connectivity index (χ4v) is 3.91. The second kappa shape index (κ2) is 12.7. The van der Waals surface area contributed by atoms with E-state index in [-0.39, 0.29) is 17.0 Å². The molecule has 0 aliphatic heterocycles. The first-order valence-electron chi connectivity index (χ1n) is 11.9. The third-order valence-corrected chi connectivity index (χ3v) is 5.42. The number of aliphatic hydroxyl groups excluding tert-OH is 1. The molecule has 0 heterocycles. The number of thiocarbonyl (C=S) groups is 1. The quantitative estimate of drug-likeness (QED) is 0.230. The zero-order valence-electron chi connectivity index (χ0n) is 21.4. The van der Waals surface area contributed by atoms with Crippen molar-refractivity contribution in [2.24, 2.45) is 10.4 Å². The minimum Gasteiger partial charge on any atom is -0.511 e. The van der Waals surface area contributed by atoms with Crippen LogP contribution in [-0.2, 0) is 16.0 Å². The molecule has 0 aromatic heterocycles. The Morgan fingerprint density at radius 2 is 1.71 bits per heavy atom. The van der Waals surface area contributed by atoms with Crippen molar-refractivity contribution in [3.05, 3.63) is 47.2 Å². The van der Waals surface area contributed by atoms with E-state index in [1.807, 2.05) is 44.2 Å². The molecule has 1 aromatic rings. The number of ether oxygens (including phenoxy) is 1. The number of ketones is 1. The number of allylic oxidation sites excluding steroid dienone is 2. The number of hydrogen-bond donors (Lipinski definition) is 4. The van der Waals surface area contributed by atoms with Crippen molar-refractivity contribution in [3.8, 4) is 0 Å². The number of benzene rings is 1. The van der Waals surface area contributed by atoms with Gasteiger partial charge in [-0.15, -0.1) is 0 Å². The summed E-state index contributed by atoms with van der Waals surface area (Å²) in [7, 11) is 0. The summed E-state index contributed by atoms with van der Waals surface area (Å²) in [5.41, 5.74) is 1.16. The predicted octanol–water partition coefficient (Wildman–Crippen LogP) is 3.86. The lowest BCUT2D eigenvalue weighted by atomic mass is 9.75. The van der Waals surface area contributed by atoms with Gasteiger partial charge in [0.25, 0.3) is 0 Å². The fourth-order valence-electron chi connectivity index (χ4n) is 3.71. The van der Waals surface area contributed by atoms with E-state index in [4.69, 9.17) is 17.0 Å². The molecule has 0 radical (unpaired) electrons. The molecule has 1 aliphatic rings. The molecule has 0 fully saturated rings. The molecule has 1 aliphatic carbocycles. The van der Waals surface area contributed by atoms with Gasteiger partial charge in [-0.1, -0.05) is 44.2 Å². The van der Waals surface area contributed by atoms with Crippen molar-refractivity contribution in [1.82, 2.24) is 16.0 Å². The maximum absolute atomic E-state index is 12.9. The molecule has 0 atom stereocenters. The zero-order chi connectivity index (χ0) is 26.1. The van der Waals surface area contributed by atoms with Crippen LogP contribution < -0.4 is 16.0 Å². The number of rotatable bonds is 9. The largest absolute Gasteiger partial charge is 0.511 e. The normalized spacial score (nSPS) is 16.0. The van der Waals surface area contributed by atoms with Gasteiger partial charge < -0.3 is 25.8 Å². The maximum Gasteiger partial charge on any atom is 0.407 e. The van der Waals surface area contributed by atoms with Gasteiger partial charge in [-0.25, -0.2) is 4.79 Å². The number of carbonyl (C=O) groups excluding carboxylic acids is 2. The summed E-state index contributed by atoms with van der Waals surface area (Å²) >= 11 is 5.27. The number of nitrogens with one attached hydrogen (secondary N) is 3. The number of alkyl carbamates (subject to hydrolysis) is 1. The van der Waals surface area contributed by atoms with Crippen LogP contribution in [0.1, 0.15) is 53.0 Å². The second-order valence-electron chi connectivity index (χ2n) is 10.4. The Hall–Kier alpha value is -2.94. The molecular weight excluding hydrogens is 464 g/mol. The van der Waals surface area contributed by atoms with E-state index < -0.39 is 11.7 Å². The molecule has 0 saturated heterocycles. The van der Waals surface area contributed by atoms with Gasteiger partial charge in [0.05, 0.1) is 17.8 Å². The molecule has 0 saturated carbocycles. The topological polar surface area (TPSA) is 112 Å². The minimum absolute atomic E-state index is 0.0731. The highest BCUT2D eigenvalue weighted by Gasteiger charge is 2.35. The number of amides is 1. The van der Waals surface area contributed by atoms with E-state index >= 15 is 0 Å². The SMILES string of the molecule is CC1(C)CC(=O)C(C(Cc2ccccc2)=NCCNC(=S)NCCNC(=O)OC(C)(C)C)=C(O)C1. The summed E-state index contributed by atoms with van der Waals surface area (Å²) in [6, 6.07) is 9.78. The molecule has 2 rings (SSSR count). The number of carbonyl (C=O) groups is 2. The minimum atomic E-state index is -0.542. The molecular formula is C26H38N4O4S. The molecule has 9 heteroatoms. The molecule has 8 nitrogen and oxygen atoms in total. The number of aliphatic hydroxyl groups is 1. The van der Waals surface area contributed by atoms with Crippen LogP contribution in [0, 0.1) is 5.41 Å². The van der Waals surface area contributed by atoms with Gasteiger partial charge in [-0.2, -0.15) is 0 Å². The summed E-state index contributed by atoms with van der Waals surface area (Å²) in [6.45, 7) is 11.0. The van der Waals surface area contributed by atoms with Gasteiger partial charge in [0.15, 0.2) is 10.9 Å². The third-order valence-electron chi connectivity index (χ3n) is 5.13. The van der Waals surface area contributed by atoms with E-state index in [2.05, 4.69) is 20.9 Å². The van der Waals surface area contributed by atoms with Crippen LogP contribution in [0.5, 0.6) is 0 Å². The van der Waals surface area contributed by atoms with E-state index in [1.54, 1.807) is 20.8 Å². The molecule has 192 valence electrons. The average Bonchev–Trinajstić information content (AvgIpc) is 2.72. The van der Waals surface area contributed by atoms with Crippen LogP contribution >= 0.6 is 12.2 Å². The Morgan fingerprint density at radius 1 is 1.09 bits per heavy atom. The first kappa shape index (κ1) is 28.3. The van der Waals surface area contributed by atoms with Crippen molar-refractivity contribution >= 4 is 34.9 Å². The molecule has 1 aromatic carbocycles. The monoisotopic (exact) mass is 502 g/mol. The van der Waals surface area contributed by atoms with Gasteiger partial charge >= 0.3 is 6.09 Å². The summed E-state index contributed by atoms with van der Waals surface area (Å²) in [5.74, 6) is 0.0413. The van der Waals surface area contributed by atoms with Crippen LogP contribution in [0.3, 0.4) is 0 Å². The van der Waals surface area contributed by atoms with Gasteiger partial charge in [-0.05, 0) is 44.0 Å². The molecule has 0 bridgehead atoms. The molecule has 1 amide bonds. The Bertz CT molecular complexity index is 965. The highest BCUT2D eigenvalue weighted by Crippen LogP contribution is 2.36. The summed E-state index contributed by atoms with van der Waals surface area (Å²) < 4.78 is 5.18. The predicted molar refractivity (Wildman–Crippen MR) is 143 cm³/mol. The van der Waals surface area contributed by atoms with Crippen molar-refractivity contribution in [2.75, 3.05) is 26.2 Å². The average molecular weight is 503 g/mol. The van der Waals surface area contributed by atoms with Crippen molar-refractivity contribution in [2.45, 2.75) is 59.5 Å². The number of Topliss-reactive ketones (excluding diaryl/α,β-unsaturated/α-hetero) is 1. The van der Waals surface area contributed by atoms with Crippen LogP contribution in [0.25, 0.3) is 0 Å². The summed E-state index contributed by atoms with van der Waals surface area (Å²) in [4.78, 5) is 29.2. The maximum atomic E-state index is 12.9. The van der Waals surface area contributed by atoms with Crippen LogP contribution in [0.15, 0.2) is 46.7 Å². The summed E-state index contributed by atoms with van der Waals surface area (Å²) in [5, 5.41) is 19.9. The van der Waals surface area contributed by atoms with Crippen LogP contribution in [0.2, 0.25) is 0 Å². The first-order valence-corrected chi connectivity index (χ1v) is 12.3. The fraction of sp³-hybridized carbons (Fsp3) is 0.538. The zero-order valence-corrected chi connectivity index (χ0v) is 22.2. The van der Waals surface area contributed by atoms with E-state index in [0.717, 1.165) is 5.56 Å². The number of hydrogen-bond acceptors (Lipinski definition) is 6. The van der Waals surface area contributed by atoms with Crippen molar-refractivity contribution in [1.29, 1.82) is 0 Å². The lowest BCUT2D eigenvalue weighted by Gasteiger charge is -2.30. The smallest absolute Gasteiger partial charge is 0.407 e. The van der Waals surface area contributed by atoms with E-state index in [9.17, 15) is 14.7 Å². The molecule has 4 N–H and O–H groups in total. The van der Waals surface area contributed by atoms with Crippen LogP contribution in [0.4, 0.5) is 4.79 Å². The van der Waals surface area contributed by atoms with Gasteiger partial charge in [-0.3, -0.25) is 9.79 Å². The molecule has 35 heavy (non-hydrogen) atoms. The van der Waals surface area contributed by atoms with Gasteiger partial charge in [0.1, 0.15) is 11.4 Å². The van der Waals surface area contributed by atoms with Gasteiger partial charge in [0, 0.05) is 38.9 Å². The van der Waals surface area contributed by atoms with E-state index in [1.165, 1.54) is 0 Å². The molecule has 0 unspecified atom stereocenters. The third kappa shape index (κ3) is 10.5. The number of nitrogens with zero attached hydrogens (tertiary/aromatic N) is 1. The molecule has 0 spiro atoms. The summed E-state index contributed by atoms with van der Waals surface area (Å²) in [6.07, 6.45) is 0.817. The Labute approximate surface area is 213 Å². The van der Waals surface area contributed by atoms with Crippen molar-refractivity contribution in [3.63, 3.8) is 0 Å². The Kier molecular flexibility index (Phi) is 10.2. The first-order chi connectivity index (χ1) is 16.4. The highest BCUT2D eigenvalue weighted by molar-refractivity contribution is 7.80. The lowest BCUT2D eigenvalue weighted by Crippen LogP contribution is -2.42. The highest BCUT2D eigenvalue weighted by atomic mass is 32.1. The Balaban J connectivity index is 1.90. The second-order valence-corrected chi connectivity index (χ2v) is 10.8. The van der Waals surface area contributed by atoms with E-state index in [0.29, 0.717) is 61.8 Å². The lowest BCUT2D eigenvalue weighted by molar-refractivity contribution is -0.118. The Morgan fingerprint density at radius 3 is 2.34 bits per heavy atom.